The summed E-state index contributed by atoms with van der Waals surface area (Å²) in [7, 11) is 0.307. The van der Waals surface area contributed by atoms with Crippen molar-refractivity contribution in [2.75, 3.05) is 26.1 Å². The Morgan fingerprint density at radius 2 is 1.81 bits per heavy atom. The van der Waals surface area contributed by atoms with Crippen molar-refractivity contribution in [2.24, 2.45) is 4.99 Å². The second-order valence-corrected chi connectivity index (χ2v) is 9.79. The van der Waals surface area contributed by atoms with Crippen molar-refractivity contribution in [3.63, 3.8) is 0 Å². The van der Waals surface area contributed by atoms with Crippen molar-refractivity contribution in [2.45, 2.75) is 25.2 Å². The van der Waals surface area contributed by atoms with Crippen LogP contribution in [0.5, 0.6) is 0 Å². The van der Waals surface area contributed by atoms with Crippen LogP contribution in [0.2, 0.25) is 0 Å². The minimum Gasteiger partial charge on any atom is -0.495 e. The van der Waals surface area contributed by atoms with Crippen molar-refractivity contribution in [3.05, 3.63) is 72.1 Å². The van der Waals surface area contributed by atoms with Gasteiger partial charge in [0.05, 0.1) is 20.4 Å². The number of hydrogen-bond donors (Lipinski definition) is 1. The van der Waals surface area contributed by atoms with Gasteiger partial charge in [-0.2, -0.15) is 0 Å². The molecule has 0 bridgehead atoms. The highest BCUT2D eigenvalue weighted by Crippen LogP contribution is 2.27. The molecule has 1 N–H and O–H groups in total. The van der Waals surface area contributed by atoms with Crippen LogP contribution in [0.3, 0.4) is 0 Å². The largest absolute Gasteiger partial charge is 0.495 e. The monoisotopic (exact) mass is 527 g/mol. The Hall–Kier alpha value is -4.10. The minimum absolute atomic E-state index is 0.0475. The Morgan fingerprint density at radius 3 is 2.43 bits per heavy atom. The van der Waals surface area contributed by atoms with Gasteiger partial charge in [-0.3, -0.25) is 9.29 Å². The fraction of sp³-hybridized carbons (Fsp3) is 0.292. The number of aryl methyl sites for hydroxylation is 1. The lowest BCUT2D eigenvalue weighted by molar-refractivity contribution is 0.0949. The maximum Gasteiger partial charge on any atom is 0.242 e. The van der Waals surface area contributed by atoms with E-state index >= 15 is 0 Å². The number of sulfonamides is 1. The molecule has 0 aliphatic carbocycles. The SMILES string of the molecule is COC=N/C=C\C(=C\n1c(NS(=O)(=O)[C@@H](C)[C@H](OC)c2ncc(C)cn2)nnc1-c1ccccc1)OC. The highest BCUT2D eigenvalue weighted by atomic mass is 32.2. The molecular formula is C24H29N7O5S. The van der Waals surface area contributed by atoms with Gasteiger partial charge in [0.25, 0.3) is 0 Å². The van der Waals surface area contributed by atoms with E-state index in [-0.39, 0.29) is 11.8 Å². The maximum atomic E-state index is 13.4. The summed E-state index contributed by atoms with van der Waals surface area (Å²) < 4.78 is 46.5. The van der Waals surface area contributed by atoms with Gasteiger partial charge in [-0.25, -0.2) is 23.4 Å². The zero-order chi connectivity index (χ0) is 26.8. The first-order chi connectivity index (χ1) is 17.8. The predicted octanol–water partition coefficient (Wildman–Crippen LogP) is 3.19. The number of nitrogens with one attached hydrogen (secondary N) is 1. The number of anilines is 1. The fourth-order valence-corrected chi connectivity index (χ4v) is 4.35. The highest BCUT2D eigenvalue weighted by Gasteiger charge is 2.34. The van der Waals surface area contributed by atoms with Crippen molar-refractivity contribution in [1.29, 1.82) is 0 Å². The Balaban J connectivity index is 2.01. The molecule has 2 aromatic heterocycles. The molecule has 1 aromatic carbocycles. The molecule has 12 nitrogen and oxygen atoms in total. The molecule has 37 heavy (non-hydrogen) atoms. The lowest BCUT2D eigenvalue weighted by atomic mass is 10.2. The van der Waals surface area contributed by atoms with Crippen molar-refractivity contribution >= 4 is 28.6 Å². The summed E-state index contributed by atoms with van der Waals surface area (Å²) in [5.41, 5.74) is 1.56. The normalized spacial score (nSPS) is 14.1. The summed E-state index contributed by atoms with van der Waals surface area (Å²) in [5, 5.41) is 7.25. The smallest absolute Gasteiger partial charge is 0.242 e. The van der Waals surface area contributed by atoms with Gasteiger partial charge in [-0.1, -0.05) is 30.3 Å². The second-order valence-electron chi connectivity index (χ2n) is 7.75. The fourth-order valence-electron chi connectivity index (χ4n) is 3.21. The minimum atomic E-state index is -4.05. The van der Waals surface area contributed by atoms with Crippen LogP contribution in [0.4, 0.5) is 5.95 Å². The molecule has 3 aromatic rings. The van der Waals surface area contributed by atoms with Gasteiger partial charge in [0.1, 0.15) is 17.1 Å². The molecule has 0 aliphatic rings. The van der Waals surface area contributed by atoms with Gasteiger partial charge in [0.15, 0.2) is 18.0 Å². The number of allylic oxidation sites excluding steroid dienone is 1. The van der Waals surface area contributed by atoms with Gasteiger partial charge in [0, 0.05) is 37.3 Å². The third-order valence-electron chi connectivity index (χ3n) is 5.17. The summed E-state index contributed by atoms with van der Waals surface area (Å²) in [5.74, 6) is 0.940. The van der Waals surface area contributed by atoms with Crippen molar-refractivity contribution in [1.82, 2.24) is 24.7 Å². The number of benzene rings is 1. The van der Waals surface area contributed by atoms with Gasteiger partial charge in [0.2, 0.25) is 16.0 Å². The molecule has 0 saturated carbocycles. The zero-order valence-corrected chi connectivity index (χ0v) is 22.0. The number of hydrogen-bond acceptors (Lipinski definition) is 10. The quantitative estimate of drug-likeness (QED) is 0.163. The third-order valence-corrected chi connectivity index (χ3v) is 6.86. The molecule has 2 heterocycles. The number of rotatable bonds is 12. The molecule has 0 amide bonds. The van der Waals surface area contributed by atoms with E-state index in [1.54, 1.807) is 24.7 Å². The van der Waals surface area contributed by atoms with Crippen LogP contribution in [-0.4, -0.2) is 66.1 Å². The molecule has 0 saturated heterocycles. The molecule has 0 fully saturated rings. The number of ether oxygens (including phenoxy) is 3. The molecule has 196 valence electrons. The van der Waals surface area contributed by atoms with E-state index < -0.39 is 21.4 Å². The lowest BCUT2D eigenvalue weighted by Gasteiger charge is -2.22. The van der Waals surface area contributed by atoms with E-state index in [0.29, 0.717) is 17.1 Å². The molecule has 0 unspecified atom stereocenters. The first kappa shape index (κ1) is 27.5. The van der Waals surface area contributed by atoms with Crippen LogP contribution in [0.25, 0.3) is 17.6 Å². The topological polar surface area (TPSA) is 143 Å². The van der Waals surface area contributed by atoms with E-state index in [0.717, 1.165) is 5.56 Å². The predicted molar refractivity (Wildman–Crippen MR) is 140 cm³/mol. The standard InChI is InChI=1S/C24H29N7O5S/c1-17-13-26-22(27-14-17)21(36-5)18(2)37(32,33)30-24-29-28-23(19-9-7-6-8-10-19)31(24)15-20(35-4)11-12-25-16-34-3/h6-16,18,21H,1-5H3,(H,29,30)/b12-11-,20-15-,25-16?/t18-,21-/m0/s1. The molecule has 0 radical (unpaired) electrons. The molecule has 0 spiro atoms. The molecule has 2 atom stereocenters. The summed E-state index contributed by atoms with van der Waals surface area (Å²) in [4.78, 5) is 12.4. The Morgan fingerprint density at radius 1 is 1.11 bits per heavy atom. The van der Waals surface area contributed by atoms with Crippen molar-refractivity contribution < 1.29 is 22.6 Å². The molecule has 0 aliphatic heterocycles. The Bertz CT molecular complexity index is 1350. The first-order valence-corrected chi connectivity index (χ1v) is 12.7. The molecular weight excluding hydrogens is 498 g/mol. The maximum absolute atomic E-state index is 13.4. The van der Waals surface area contributed by atoms with Crippen LogP contribution < -0.4 is 4.72 Å². The van der Waals surface area contributed by atoms with Crippen molar-refractivity contribution in [3.8, 4) is 11.4 Å². The van der Waals surface area contributed by atoms with E-state index in [4.69, 9.17) is 14.2 Å². The number of aliphatic imine (C=N–C) groups is 1. The van der Waals surface area contributed by atoms with Gasteiger partial charge in [-0.05, 0) is 19.4 Å². The van der Waals surface area contributed by atoms with Crippen LogP contribution in [-0.2, 0) is 24.2 Å². The number of methoxy groups -OCH3 is 3. The second kappa shape index (κ2) is 12.7. The lowest BCUT2D eigenvalue weighted by Crippen LogP contribution is -2.33. The van der Waals surface area contributed by atoms with Crippen LogP contribution in [0.15, 0.2) is 65.8 Å². The van der Waals surface area contributed by atoms with Crippen LogP contribution in [0.1, 0.15) is 24.4 Å². The third kappa shape index (κ3) is 6.98. The number of aromatic nitrogens is 5. The van der Waals surface area contributed by atoms with E-state index in [1.165, 1.54) is 45.4 Å². The van der Waals surface area contributed by atoms with Gasteiger partial charge < -0.3 is 14.2 Å². The summed E-state index contributed by atoms with van der Waals surface area (Å²) >= 11 is 0. The van der Waals surface area contributed by atoms with Crippen LogP contribution >= 0.6 is 0 Å². The Kier molecular flexibility index (Phi) is 9.46. The summed E-state index contributed by atoms with van der Waals surface area (Å²) in [6.07, 6.45) is 8.11. The van der Waals surface area contributed by atoms with Gasteiger partial charge >= 0.3 is 0 Å². The molecule has 13 heteroatoms. The summed E-state index contributed by atoms with van der Waals surface area (Å²) in [6.45, 7) is 3.34. The average molecular weight is 528 g/mol. The zero-order valence-electron chi connectivity index (χ0n) is 21.1. The average Bonchev–Trinajstić information content (AvgIpc) is 3.28. The Labute approximate surface area is 215 Å². The summed E-state index contributed by atoms with van der Waals surface area (Å²) in [6, 6.07) is 9.20. The van der Waals surface area contributed by atoms with Gasteiger partial charge in [-0.15, -0.1) is 10.2 Å². The number of nitrogens with zero attached hydrogens (tertiary/aromatic N) is 6. The highest BCUT2D eigenvalue weighted by molar-refractivity contribution is 7.93. The first-order valence-electron chi connectivity index (χ1n) is 11.1. The molecule has 3 rings (SSSR count). The van der Waals surface area contributed by atoms with Crippen LogP contribution in [0, 0.1) is 6.92 Å². The van der Waals surface area contributed by atoms with E-state index in [9.17, 15) is 8.42 Å². The van der Waals surface area contributed by atoms with E-state index in [1.807, 2.05) is 37.3 Å². The van der Waals surface area contributed by atoms with E-state index in [2.05, 4.69) is 29.9 Å².